The molecule has 2 amide bonds. The van der Waals surface area contributed by atoms with E-state index in [1.807, 2.05) is 6.92 Å². The standard InChI is InChI=1S/C17H24F2N2O3/c1-6-10(2)13(21-16(23)24-17(3,4)5)15(22)20-14-11(18)8-7-9-12(14)19/h7-10,13H,6H2,1-5H3,(H,20,22)(H,21,23). The van der Waals surface area contributed by atoms with E-state index in [2.05, 4.69) is 10.6 Å². The quantitative estimate of drug-likeness (QED) is 0.854. The van der Waals surface area contributed by atoms with Gasteiger partial charge < -0.3 is 15.4 Å². The number of halogens is 2. The van der Waals surface area contributed by atoms with Crippen LogP contribution in [-0.4, -0.2) is 23.6 Å². The molecule has 0 fully saturated rings. The summed E-state index contributed by atoms with van der Waals surface area (Å²) in [6.07, 6.45) is -0.190. The fourth-order valence-electron chi connectivity index (χ4n) is 1.95. The minimum absolute atomic E-state index is 0.257. The average Bonchev–Trinajstić information content (AvgIpc) is 2.46. The van der Waals surface area contributed by atoms with Crippen molar-refractivity contribution in [2.75, 3.05) is 5.32 Å². The third-order valence-electron chi connectivity index (χ3n) is 3.38. The first-order valence-corrected chi connectivity index (χ1v) is 7.79. The number of hydrogen-bond donors (Lipinski definition) is 2. The van der Waals surface area contributed by atoms with Gasteiger partial charge in [0.1, 0.15) is 29.0 Å². The second-order valence-electron chi connectivity index (χ2n) is 6.60. The van der Waals surface area contributed by atoms with Crippen molar-refractivity contribution in [2.24, 2.45) is 5.92 Å². The van der Waals surface area contributed by atoms with Gasteiger partial charge in [-0.15, -0.1) is 0 Å². The van der Waals surface area contributed by atoms with Crippen molar-refractivity contribution in [3.05, 3.63) is 29.8 Å². The Kier molecular flexibility index (Phi) is 6.69. The lowest BCUT2D eigenvalue weighted by atomic mass is 9.98. The average molecular weight is 342 g/mol. The van der Waals surface area contributed by atoms with Crippen LogP contribution in [0.4, 0.5) is 19.3 Å². The zero-order valence-electron chi connectivity index (χ0n) is 14.6. The van der Waals surface area contributed by atoms with E-state index in [9.17, 15) is 18.4 Å². The van der Waals surface area contributed by atoms with Crippen LogP contribution in [0.1, 0.15) is 41.0 Å². The number of alkyl carbamates (subject to hydrolysis) is 1. The Morgan fingerprint density at radius 3 is 2.21 bits per heavy atom. The van der Waals surface area contributed by atoms with E-state index >= 15 is 0 Å². The van der Waals surface area contributed by atoms with Gasteiger partial charge in [-0.3, -0.25) is 4.79 Å². The maximum absolute atomic E-state index is 13.7. The summed E-state index contributed by atoms with van der Waals surface area (Å²) in [5, 5.41) is 4.67. The van der Waals surface area contributed by atoms with Crippen LogP contribution in [0, 0.1) is 17.6 Å². The number of para-hydroxylation sites is 1. The Morgan fingerprint density at radius 2 is 1.75 bits per heavy atom. The summed E-state index contributed by atoms with van der Waals surface area (Å²) in [6, 6.07) is 2.30. The highest BCUT2D eigenvalue weighted by Crippen LogP contribution is 2.20. The number of anilines is 1. The summed E-state index contributed by atoms with van der Waals surface area (Å²) < 4.78 is 32.5. The fraction of sp³-hybridized carbons (Fsp3) is 0.529. The second kappa shape index (κ2) is 8.08. The highest BCUT2D eigenvalue weighted by Gasteiger charge is 2.29. The Bertz CT molecular complexity index is 580. The van der Waals surface area contributed by atoms with E-state index in [0.717, 1.165) is 12.1 Å². The van der Waals surface area contributed by atoms with Crippen molar-refractivity contribution < 1.29 is 23.1 Å². The van der Waals surface area contributed by atoms with E-state index in [1.165, 1.54) is 6.07 Å². The summed E-state index contributed by atoms with van der Waals surface area (Å²) in [4.78, 5) is 24.3. The molecule has 134 valence electrons. The van der Waals surface area contributed by atoms with Gasteiger partial charge in [-0.05, 0) is 38.8 Å². The summed E-state index contributed by atoms with van der Waals surface area (Å²) in [5.74, 6) is -2.74. The number of ether oxygens (including phenoxy) is 1. The zero-order valence-corrected chi connectivity index (χ0v) is 14.6. The number of amides is 2. The molecule has 2 N–H and O–H groups in total. The first kappa shape index (κ1) is 19.9. The molecule has 0 aromatic heterocycles. The molecule has 1 rings (SSSR count). The third-order valence-corrected chi connectivity index (χ3v) is 3.38. The van der Waals surface area contributed by atoms with Crippen molar-refractivity contribution in [2.45, 2.75) is 52.7 Å². The first-order valence-electron chi connectivity index (χ1n) is 7.79. The molecule has 2 unspecified atom stereocenters. The van der Waals surface area contributed by atoms with Crippen LogP contribution >= 0.6 is 0 Å². The van der Waals surface area contributed by atoms with Crippen LogP contribution in [-0.2, 0) is 9.53 Å². The second-order valence-corrected chi connectivity index (χ2v) is 6.60. The minimum atomic E-state index is -0.983. The fourth-order valence-corrected chi connectivity index (χ4v) is 1.95. The molecule has 0 heterocycles. The van der Waals surface area contributed by atoms with Crippen LogP contribution in [0.15, 0.2) is 18.2 Å². The maximum atomic E-state index is 13.7. The van der Waals surface area contributed by atoms with Crippen LogP contribution in [0.25, 0.3) is 0 Å². The number of hydrogen-bond acceptors (Lipinski definition) is 3. The number of nitrogens with one attached hydrogen (secondary N) is 2. The lowest BCUT2D eigenvalue weighted by Gasteiger charge is -2.26. The third kappa shape index (κ3) is 5.79. The van der Waals surface area contributed by atoms with E-state index in [0.29, 0.717) is 6.42 Å². The van der Waals surface area contributed by atoms with Gasteiger partial charge in [0.05, 0.1) is 0 Å². The van der Waals surface area contributed by atoms with Crippen LogP contribution in [0.2, 0.25) is 0 Å². The molecule has 2 atom stereocenters. The zero-order chi connectivity index (χ0) is 18.5. The molecule has 7 heteroatoms. The molecule has 1 aromatic carbocycles. The van der Waals surface area contributed by atoms with Gasteiger partial charge in [0.2, 0.25) is 5.91 Å². The Balaban J connectivity index is 2.92. The predicted octanol–water partition coefficient (Wildman–Crippen LogP) is 3.84. The van der Waals surface area contributed by atoms with Crippen molar-refractivity contribution >= 4 is 17.7 Å². The molecule has 5 nitrogen and oxygen atoms in total. The Hall–Kier alpha value is -2.18. The molecule has 0 aliphatic rings. The van der Waals surface area contributed by atoms with E-state index in [4.69, 9.17) is 4.74 Å². The largest absolute Gasteiger partial charge is 0.444 e. The molecule has 0 radical (unpaired) electrons. The van der Waals surface area contributed by atoms with Crippen LogP contribution in [0.3, 0.4) is 0 Å². The number of rotatable bonds is 5. The minimum Gasteiger partial charge on any atom is -0.444 e. The van der Waals surface area contributed by atoms with Crippen LogP contribution in [0.5, 0.6) is 0 Å². The number of benzene rings is 1. The van der Waals surface area contributed by atoms with Crippen molar-refractivity contribution in [1.82, 2.24) is 5.32 Å². The van der Waals surface area contributed by atoms with Crippen LogP contribution < -0.4 is 10.6 Å². The predicted molar refractivity (Wildman–Crippen MR) is 87.6 cm³/mol. The highest BCUT2D eigenvalue weighted by molar-refractivity contribution is 5.97. The van der Waals surface area contributed by atoms with E-state index in [1.54, 1.807) is 27.7 Å². The van der Waals surface area contributed by atoms with Gasteiger partial charge in [0.25, 0.3) is 0 Å². The molecule has 24 heavy (non-hydrogen) atoms. The Morgan fingerprint density at radius 1 is 1.21 bits per heavy atom. The Labute approximate surface area is 140 Å². The molecular formula is C17H24F2N2O3. The summed E-state index contributed by atoms with van der Waals surface area (Å²) in [7, 11) is 0. The number of carbonyl (C=O) groups is 2. The molecule has 0 aliphatic carbocycles. The smallest absolute Gasteiger partial charge is 0.408 e. The van der Waals surface area contributed by atoms with Crippen molar-refractivity contribution in [3.63, 3.8) is 0 Å². The van der Waals surface area contributed by atoms with Gasteiger partial charge in [-0.2, -0.15) is 0 Å². The van der Waals surface area contributed by atoms with Gasteiger partial charge in [-0.25, -0.2) is 13.6 Å². The van der Waals surface area contributed by atoms with E-state index < -0.39 is 41.0 Å². The first-order chi connectivity index (χ1) is 11.0. The highest BCUT2D eigenvalue weighted by atomic mass is 19.1. The molecule has 0 aliphatic heterocycles. The van der Waals surface area contributed by atoms with Gasteiger partial charge in [0.15, 0.2) is 0 Å². The monoisotopic (exact) mass is 342 g/mol. The topological polar surface area (TPSA) is 67.4 Å². The molecular weight excluding hydrogens is 318 g/mol. The molecule has 0 saturated carbocycles. The van der Waals surface area contributed by atoms with Crippen molar-refractivity contribution in [3.8, 4) is 0 Å². The van der Waals surface area contributed by atoms with Crippen molar-refractivity contribution in [1.29, 1.82) is 0 Å². The lowest BCUT2D eigenvalue weighted by molar-refractivity contribution is -0.119. The molecule has 1 aromatic rings. The molecule has 0 bridgehead atoms. The number of carbonyl (C=O) groups excluding carboxylic acids is 2. The summed E-state index contributed by atoms with van der Waals surface area (Å²) in [5.41, 5.74) is -1.26. The summed E-state index contributed by atoms with van der Waals surface area (Å²) >= 11 is 0. The summed E-state index contributed by atoms with van der Waals surface area (Å²) in [6.45, 7) is 8.67. The lowest BCUT2D eigenvalue weighted by Crippen LogP contribution is -2.49. The van der Waals surface area contributed by atoms with Gasteiger partial charge >= 0.3 is 6.09 Å². The SMILES string of the molecule is CCC(C)C(NC(=O)OC(C)(C)C)C(=O)Nc1c(F)cccc1F. The van der Waals surface area contributed by atoms with Gasteiger partial charge in [0, 0.05) is 0 Å². The normalized spacial score (nSPS) is 13.8. The molecule has 0 saturated heterocycles. The molecule has 0 spiro atoms. The van der Waals surface area contributed by atoms with E-state index in [-0.39, 0.29) is 5.92 Å². The maximum Gasteiger partial charge on any atom is 0.408 e. The van der Waals surface area contributed by atoms with Gasteiger partial charge in [-0.1, -0.05) is 26.3 Å².